The summed E-state index contributed by atoms with van der Waals surface area (Å²) in [5.74, 6) is 0.626. The van der Waals surface area contributed by atoms with Crippen LogP contribution < -0.4 is 5.73 Å². The fourth-order valence-electron chi connectivity index (χ4n) is 1.92. The molecule has 2 rings (SSSR count). The largest absolute Gasteiger partial charge is 0.381 e. The maximum absolute atomic E-state index is 9.01. The van der Waals surface area contributed by atoms with Crippen molar-refractivity contribution in [2.45, 2.75) is 20.3 Å². The molecule has 1 aromatic heterocycles. The fraction of sp³-hybridized carbons (Fsp3) is 0.267. The molecule has 0 atom stereocenters. The predicted octanol–water partition coefficient (Wildman–Crippen LogP) is 2.80. The number of aromatic nitrogens is 2. The van der Waals surface area contributed by atoms with E-state index in [2.05, 4.69) is 23.8 Å². The first-order valence-electron chi connectivity index (χ1n) is 6.23. The van der Waals surface area contributed by atoms with Crippen LogP contribution in [0.1, 0.15) is 25.2 Å². The highest BCUT2D eigenvalue weighted by Crippen LogP contribution is 2.24. The summed E-state index contributed by atoms with van der Waals surface area (Å²) in [5.41, 5.74) is 8.55. The van der Waals surface area contributed by atoms with E-state index >= 15 is 0 Å². The van der Waals surface area contributed by atoms with Gasteiger partial charge >= 0.3 is 0 Å². The number of hydrogen-bond donors (Lipinski definition) is 1. The molecule has 0 radical (unpaired) electrons. The van der Waals surface area contributed by atoms with Gasteiger partial charge in [0.2, 0.25) is 0 Å². The second-order valence-electron chi connectivity index (χ2n) is 4.83. The minimum absolute atomic E-state index is 0.189. The highest BCUT2D eigenvalue weighted by Gasteiger charge is 2.14. The van der Waals surface area contributed by atoms with E-state index in [-0.39, 0.29) is 11.5 Å². The molecule has 1 heterocycles. The lowest BCUT2D eigenvalue weighted by Crippen LogP contribution is -2.07. The molecule has 19 heavy (non-hydrogen) atoms. The topological polar surface area (TPSA) is 75.6 Å². The van der Waals surface area contributed by atoms with Crippen LogP contribution in [-0.4, -0.2) is 9.97 Å². The van der Waals surface area contributed by atoms with Crippen LogP contribution in [0.4, 0.5) is 5.82 Å². The Hall–Kier alpha value is -2.41. The molecular formula is C15H16N4. The molecule has 2 aromatic rings. The molecule has 0 aliphatic rings. The monoisotopic (exact) mass is 252 g/mol. The standard InChI is InChI=1S/C15H16N4/c1-10(2)8-12-14(11-6-4-3-5-7-11)19-15(17)13(9-16)18-12/h3-7,10H,8H2,1-2H3,(H2,17,19). The summed E-state index contributed by atoms with van der Waals surface area (Å²) in [5, 5.41) is 9.01. The number of hydrogen-bond acceptors (Lipinski definition) is 4. The molecular weight excluding hydrogens is 236 g/mol. The van der Waals surface area contributed by atoms with E-state index in [0.717, 1.165) is 23.4 Å². The molecule has 4 nitrogen and oxygen atoms in total. The highest BCUT2D eigenvalue weighted by atomic mass is 14.9. The zero-order valence-electron chi connectivity index (χ0n) is 11.1. The maximum Gasteiger partial charge on any atom is 0.183 e. The molecule has 0 amide bonds. The summed E-state index contributed by atoms with van der Waals surface area (Å²) in [6, 6.07) is 11.8. The smallest absolute Gasteiger partial charge is 0.183 e. The lowest BCUT2D eigenvalue weighted by molar-refractivity contribution is 0.634. The van der Waals surface area contributed by atoms with Crippen LogP contribution in [0, 0.1) is 17.2 Å². The van der Waals surface area contributed by atoms with Gasteiger partial charge in [-0.2, -0.15) is 5.26 Å². The number of nitrogens with zero attached hydrogens (tertiary/aromatic N) is 3. The van der Waals surface area contributed by atoms with Crippen LogP contribution in [0.2, 0.25) is 0 Å². The Balaban J connectivity index is 2.59. The first-order chi connectivity index (χ1) is 9.11. The number of nitrogen functional groups attached to an aromatic ring is 1. The average molecular weight is 252 g/mol. The van der Waals surface area contributed by atoms with Gasteiger partial charge in [0, 0.05) is 5.56 Å². The van der Waals surface area contributed by atoms with Crippen molar-refractivity contribution >= 4 is 5.82 Å². The van der Waals surface area contributed by atoms with Crippen molar-refractivity contribution < 1.29 is 0 Å². The van der Waals surface area contributed by atoms with Crippen molar-refractivity contribution in [2.24, 2.45) is 5.92 Å². The molecule has 0 fully saturated rings. The van der Waals surface area contributed by atoms with Gasteiger partial charge in [-0.3, -0.25) is 0 Å². The maximum atomic E-state index is 9.01. The van der Waals surface area contributed by atoms with E-state index in [0.29, 0.717) is 5.92 Å². The number of nitrogens with two attached hydrogens (primary N) is 1. The van der Waals surface area contributed by atoms with Crippen molar-refractivity contribution in [3.8, 4) is 17.3 Å². The van der Waals surface area contributed by atoms with Crippen molar-refractivity contribution in [1.82, 2.24) is 9.97 Å². The minimum atomic E-state index is 0.189. The number of anilines is 1. The zero-order valence-corrected chi connectivity index (χ0v) is 11.1. The first-order valence-corrected chi connectivity index (χ1v) is 6.23. The van der Waals surface area contributed by atoms with Crippen LogP contribution in [0.15, 0.2) is 30.3 Å². The summed E-state index contributed by atoms with van der Waals surface area (Å²) in [7, 11) is 0. The van der Waals surface area contributed by atoms with Gasteiger partial charge < -0.3 is 5.73 Å². The molecule has 0 saturated carbocycles. The quantitative estimate of drug-likeness (QED) is 0.911. The molecule has 4 heteroatoms. The van der Waals surface area contributed by atoms with Gasteiger partial charge in [0.25, 0.3) is 0 Å². The van der Waals surface area contributed by atoms with Gasteiger partial charge in [-0.05, 0) is 12.3 Å². The Kier molecular flexibility index (Phi) is 3.76. The Morgan fingerprint density at radius 3 is 2.47 bits per heavy atom. The summed E-state index contributed by atoms with van der Waals surface area (Å²) >= 11 is 0. The lowest BCUT2D eigenvalue weighted by Gasteiger charge is -2.11. The van der Waals surface area contributed by atoms with Crippen LogP contribution in [0.3, 0.4) is 0 Å². The average Bonchev–Trinajstić information content (AvgIpc) is 2.41. The Labute approximate surface area is 112 Å². The van der Waals surface area contributed by atoms with Gasteiger partial charge in [-0.25, -0.2) is 9.97 Å². The summed E-state index contributed by atoms with van der Waals surface area (Å²) in [6.45, 7) is 4.22. The van der Waals surface area contributed by atoms with Crippen LogP contribution in [-0.2, 0) is 6.42 Å². The number of rotatable bonds is 3. The van der Waals surface area contributed by atoms with Crippen LogP contribution in [0.5, 0.6) is 0 Å². The lowest BCUT2D eigenvalue weighted by atomic mass is 10.0. The van der Waals surface area contributed by atoms with Crippen LogP contribution in [0.25, 0.3) is 11.3 Å². The van der Waals surface area contributed by atoms with Gasteiger partial charge in [0.05, 0.1) is 11.4 Å². The second-order valence-corrected chi connectivity index (χ2v) is 4.83. The molecule has 0 saturated heterocycles. The SMILES string of the molecule is CC(C)Cc1nc(C#N)c(N)nc1-c1ccccc1. The van der Waals surface area contributed by atoms with Gasteiger partial charge in [-0.1, -0.05) is 44.2 Å². The molecule has 96 valence electrons. The third-order valence-corrected chi connectivity index (χ3v) is 2.75. The summed E-state index contributed by atoms with van der Waals surface area (Å²) in [4.78, 5) is 8.72. The van der Waals surface area contributed by atoms with Crippen LogP contribution >= 0.6 is 0 Å². The fourth-order valence-corrected chi connectivity index (χ4v) is 1.92. The summed E-state index contributed by atoms with van der Waals surface area (Å²) in [6.07, 6.45) is 0.770. The third-order valence-electron chi connectivity index (χ3n) is 2.75. The van der Waals surface area contributed by atoms with E-state index in [1.54, 1.807) is 0 Å². The third kappa shape index (κ3) is 2.89. The molecule has 0 aliphatic heterocycles. The van der Waals surface area contributed by atoms with Gasteiger partial charge in [0.15, 0.2) is 11.5 Å². The van der Waals surface area contributed by atoms with Gasteiger partial charge in [-0.15, -0.1) is 0 Å². The molecule has 0 aliphatic carbocycles. The Morgan fingerprint density at radius 2 is 1.89 bits per heavy atom. The molecule has 0 bridgehead atoms. The molecule has 0 unspecified atom stereocenters. The van der Waals surface area contributed by atoms with E-state index in [1.807, 2.05) is 36.4 Å². The molecule has 1 aromatic carbocycles. The summed E-state index contributed by atoms with van der Waals surface area (Å²) < 4.78 is 0. The Bertz CT molecular complexity index is 612. The van der Waals surface area contributed by atoms with Crippen molar-refractivity contribution in [3.05, 3.63) is 41.7 Å². The van der Waals surface area contributed by atoms with E-state index < -0.39 is 0 Å². The first kappa shape index (κ1) is 13.0. The molecule has 0 spiro atoms. The zero-order chi connectivity index (χ0) is 13.8. The number of nitriles is 1. The Morgan fingerprint density at radius 1 is 1.21 bits per heavy atom. The minimum Gasteiger partial charge on any atom is -0.381 e. The normalized spacial score (nSPS) is 10.4. The van der Waals surface area contributed by atoms with E-state index in [9.17, 15) is 0 Å². The van der Waals surface area contributed by atoms with Gasteiger partial charge in [0.1, 0.15) is 6.07 Å². The van der Waals surface area contributed by atoms with E-state index in [4.69, 9.17) is 11.0 Å². The van der Waals surface area contributed by atoms with E-state index in [1.165, 1.54) is 0 Å². The molecule has 2 N–H and O–H groups in total. The van der Waals surface area contributed by atoms with Crippen molar-refractivity contribution in [1.29, 1.82) is 5.26 Å². The predicted molar refractivity (Wildman–Crippen MR) is 75.1 cm³/mol. The van der Waals surface area contributed by atoms with Crippen molar-refractivity contribution in [2.75, 3.05) is 5.73 Å². The number of benzene rings is 1. The second kappa shape index (κ2) is 5.49. The van der Waals surface area contributed by atoms with Crippen molar-refractivity contribution in [3.63, 3.8) is 0 Å². The highest BCUT2D eigenvalue weighted by molar-refractivity contribution is 5.64.